The quantitative estimate of drug-likeness (QED) is 0.424. The van der Waals surface area contributed by atoms with Crippen molar-refractivity contribution in [2.45, 2.75) is 6.10 Å². The maximum Gasteiger partial charge on any atom is 0.225 e. The molecule has 1 aromatic heterocycles. The highest BCUT2D eigenvalue weighted by Gasteiger charge is 2.17. The molecule has 3 rings (SSSR count). The summed E-state index contributed by atoms with van der Waals surface area (Å²) in [5.74, 6) is 1.07. The Labute approximate surface area is 155 Å². The molecule has 1 unspecified atom stereocenters. The molecule has 9 heteroatoms. The molecule has 1 atom stereocenters. The molecule has 0 bridgehead atoms. The van der Waals surface area contributed by atoms with E-state index in [-0.39, 0.29) is 17.9 Å². The summed E-state index contributed by atoms with van der Waals surface area (Å²) in [5, 5.41) is 3.86. The molecule has 2 heterocycles. The van der Waals surface area contributed by atoms with Gasteiger partial charge in [0, 0.05) is 11.1 Å². The number of ether oxygens (including phenoxy) is 3. The zero-order valence-electron chi connectivity index (χ0n) is 14.0. The minimum absolute atomic E-state index is 0.0752. The van der Waals surface area contributed by atoms with Crippen LogP contribution in [0.2, 0.25) is 5.28 Å². The standard InChI is InChI=1S/C17H19ClN4O4/c18-17-21-15-13(16(22-17)20-8-11(19)4-5-23)2-1-3-14(15)26-10-12-9-24-6-7-25-12/h1-5,12H,6-10,19H2,(H,20,21,22). The Morgan fingerprint density at radius 3 is 3.08 bits per heavy atom. The van der Waals surface area contributed by atoms with Crippen LogP contribution in [0.5, 0.6) is 5.75 Å². The molecule has 26 heavy (non-hydrogen) atoms. The maximum atomic E-state index is 10.5. The summed E-state index contributed by atoms with van der Waals surface area (Å²) in [6.45, 7) is 2.25. The molecule has 2 aromatic rings. The Morgan fingerprint density at radius 1 is 1.42 bits per heavy atom. The first-order valence-corrected chi connectivity index (χ1v) is 8.47. The molecule has 3 N–H and O–H groups in total. The van der Waals surface area contributed by atoms with Crippen molar-refractivity contribution in [3.63, 3.8) is 0 Å². The second-order valence-electron chi connectivity index (χ2n) is 5.60. The van der Waals surface area contributed by atoms with Crippen LogP contribution in [0, 0.1) is 0 Å². The highest BCUT2D eigenvalue weighted by molar-refractivity contribution is 6.29. The Balaban J connectivity index is 1.81. The van der Waals surface area contributed by atoms with E-state index in [1.54, 1.807) is 6.07 Å². The minimum atomic E-state index is -0.123. The van der Waals surface area contributed by atoms with Gasteiger partial charge in [-0.2, -0.15) is 0 Å². The summed E-state index contributed by atoms with van der Waals surface area (Å²) in [6.07, 6.45) is 1.78. The van der Waals surface area contributed by atoms with Gasteiger partial charge in [-0.05, 0) is 29.8 Å². The van der Waals surface area contributed by atoms with Gasteiger partial charge >= 0.3 is 0 Å². The predicted molar refractivity (Wildman–Crippen MR) is 97.4 cm³/mol. The molecule has 138 valence electrons. The molecule has 0 aliphatic carbocycles. The van der Waals surface area contributed by atoms with Gasteiger partial charge < -0.3 is 25.3 Å². The van der Waals surface area contributed by atoms with Crippen LogP contribution >= 0.6 is 11.6 Å². The monoisotopic (exact) mass is 378 g/mol. The summed E-state index contributed by atoms with van der Waals surface area (Å²) >= 11 is 6.06. The fraction of sp³-hybridized carbons (Fsp3) is 0.353. The van der Waals surface area contributed by atoms with E-state index in [0.717, 1.165) is 5.39 Å². The van der Waals surface area contributed by atoms with Crippen LogP contribution in [0.1, 0.15) is 0 Å². The van der Waals surface area contributed by atoms with Crippen LogP contribution in [0.15, 0.2) is 30.0 Å². The van der Waals surface area contributed by atoms with Gasteiger partial charge in [-0.25, -0.2) is 9.97 Å². The molecule has 0 radical (unpaired) electrons. The van der Waals surface area contributed by atoms with E-state index in [1.807, 2.05) is 12.1 Å². The Morgan fingerprint density at radius 2 is 2.31 bits per heavy atom. The lowest BCUT2D eigenvalue weighted by Crippen LogP contribution is -2.33. The Kier molecular flexibility index (Phi) is 6.21. The maximum absolute atomic E-state index is 10.5. The van der Waals surface area contributed by atoms with Crippen LogP contribution in [0.3, 0.4) is 0 Å². The van der Waals surface area contributed by atoms with Gasteiger partial charge in [0.15, 0.2) is 0 Å². The average Bonchev–Trinajstić information content (AvgIpc) is 2.65. The molecule has 0 saturated carbocycles. The van der Waals surface area contributed by atoms with E-state index >= 15 is 0 Å². The molecule has 1 aromatic carbocycles. The topological polar surface area (TPSA) is 109 Å². The number of nitrogens with zero attached hydrogens (tertiary/aromatic N) is 2. The molecule has 1 saturated heterocycles. The number of hydrogen-bond acceptors (Lipinski definition) is 8. The third kappa shape index (κ3) is 4.60. The zero-order valence-corrected chi connectivity index (χ0v) is 14.7. The van der Waals surface area contributed by atoms with E-state index in [4.69, 9.17) is 31.5 Å². The Hall–Kier alpha value is -2.42. The van der Waals surface area contributed by atoms with Crippen LogP contribution in [0.4, 0.5) is 5.82 Å². The number of rotatable bonds is 7. The lowest BCUT2D eigenvalue weighted by atomic mass is 10.2. The van der Waals surface area contributed by atoms with Crippen molar-refractivity contribution >= 4 is 34.6 Å². The SMILES string of the molecule is NC(=CC=O)CNc1nc(Cl)nc2c(OCC3COCCO3)cccc12. The number of nitrogens with one attached hydrogen (secondary N) is 1. The second-order valence-corrected chi connectivity index (χ2v) is 5.94. The number of nitrogens with two attached hydrogens (primary N) is 1. The predicted octanol–water partition coefficient (Wildman–Crippen LogP) is 1.53. The van der Waals surface area contributed by atoms with Crippen molar-refractivity contribution in [2.24, 2.45) is 5.73 Å². The number of fused-ring (bicyclic) bond motifs is 1. The van der Waals surface area contributed by atoms with Crippen molar-refractivity contribution in [1.29, 1.82) is 0 Å². The highest BCUT2D eigenvalue weighted by Crippen LogP contribution is 2.29. The summed E-state index contributed by atoms with van der Waals surface area (Å²) in [4.78, 5) is 18.9. The van der Waals surface area contributed by atoms with Crippen LogP contribution in [0.25, 0.3) is 10.9 Å². The van der Waals surface area contributed by atoms with E-state index in [2.05, 4.69) is 15.3 Å². The summed E-state index contributed by atoms with van der Waals surface area (Å²) < 4.78 is 16.8. The molecule has 0 amide bonds. The number of aromatic nitrogens is 2. The van der Waals surface area contributed by atoms with Gasteiger partial charge in [0.05, 0.1) is 26.4 Å². The lowest BCUT2D eigenvalue weighted by molar-refractivity contribution is -0.104. The van der Waals surface area contributed by atoms with Gasteiger partial charge in [0.25, 0.3) is 0 Å². The van der Waals surface area contributed by atoms with Crippen LogP contribution in [-0.4, -0.2) is 55.3 Å². The second kappa shape index (κ2) is 8.79. The van der Waals surface area contributed by atoms with E-state index in [1.165, 1.54) is 6.08 Å². The van der Waals surface area contributed by atoms with E-state index in [9.17, 15) is 4.79 Å². The number of hydrogen-bond donors (Lipinski definition) is 2. The van der Waals surface area contributed by atoms with Gasteiger partial charge in [0.2, 0.25) is 5.28 Å². The molecule has 1 fully saturated rings. The van der Waals surface area contributed by atoms with Crippen LogP contribution < -0.4 is 15.8 Å². The number of carbonyl (C=O) groups excluding carboxylic acids is 1. The third-order valence-corrected chi connectivity index (χ3v) is 3.88. The van der Waals surface area contributed by atoms with Gasteiger partial charge in [-0.3, -0.25) is 4.79 Å². The normalized spacial score (nSPS) is 17.9. The number of anilines is 1. The number of benzene rings is 1. The first-order chi connectivity index (χ1) is 12.7. The molecular formula is C17H19ClN4O4. The number of aldehydes is 1. The average molecular weight is 379 g/mol. The number of carbonyl (C=O) groups is 1. The fourth-order valence-electron chi connectivity index (χ4n) is 2.50. The molecule has 0 spiro atoms. The molecule has 8 nitrogen and oxygen atoms in total. The number of para-hydroxylation sites is 1. The van der Waals surface area contributed by atoms with Crippen molar-refractivity contribution in [1.82, 2.24) is 9.97 Å². The van der Waals surface area contributed by atoms with Gasteiger partial charge in [0.1, 0.15) is 36.1 Å². The molecular weight excluding hydrogens is 360 g/mol. The Bertz CT molecular complexity index is 809. The minimum Gasteiger partial charge on any atom is -0.488 e. The van der Waals surface area contributed by atoms with Gasteiger partial charge in [-0.1, -0.05) is 6.07 Å². The van der Waals surface area contributed by atoms with Crippen molar-refractivity contribution in [3.8, 4) is 5.75 Å². The van der Waals surface area contributed by atoms with E-state index < -0.39 is 0 Å². The van der Waals surface area contributed by atoms with Crippen molar-refractivity contribution < 1.29 is 19.0 Å². The third-order valence-electron chi connectivity index (χ3n) is 3.71. The number of allylic oxidation sites excluding steroid dienone is 1. The lowest BCUT2D eigenvalue weighted by Gasteiger charge is -2.23. The fourth-order valence-corrected chi connectivity index (χ4v) is 2.67. The van der Waals surface area contributed by atoms with E-state index in [0.29, 0.717) is 55.5 Å². The summed E-state index contributed by atoms with van der Waals surface area (Å²) in [5.41, 5.74) is 6.67. The first-order valence-electron chi connectivity index (χ1n) is 8.09. The van der Waals surface area contributed by atoms with Gasteiger partial charge in [-0.15, -0.1) is 0 Å². The van der Waals surface area contributed by atoms with Crippen molar-refractivity contribution in [3.05, 3.63) is 35.3 Å². The summed E-state index contributed by atoms with van der Waals surface area (Å²) in [6, 6.07) is 5.49. The van der Waals surface area contributed by atoms with Crippen LogP contribution in [-0.2, 0) is 14.3 Å². The zero-order chi connectivity index (χ0) is 18.4. The summed E-state index contributed by atoms with van der Waals surface area (Å²) in [7, 11) is 0. The molecule has 1 aliphatic rings. The van der Waals surface area contributed by atoms with Crippen molar-refractivity contribution in [2.75, 3.05) is 38.3 Å². The molecule has 1 aliphatic heterocycles. The largest absolute Gasteiger partial charge is 0.488 e. The highest BCUT2D eigenvalue weighted by atomic mass is 35.5. The number of halogens is 1. The smallest absolute Gasteiger partial charge is 0.225 e. The first kappa shape index (κ1) is 18.4.